The molecular weight excluding hydrogens is 198 g/mol. The molecule has 0 saturated carbocycles. The summed E-state index contributed by atoms with van der Waals surface area (Å²) in [6.07, 6.45) is 1.03. The van der Waals surface area contributed by atoms with Crippen LogP contribution in [0.3, 0.4) is 0 Å². The molecule has 1 atom stereocenters. The Morgan fingerprint density at radius 1 is 1.73 bits per heavy atom. The van der Waals surface area contributed by atoms with Crippen LogP contribution in [0.25, 0.3) is 0 Å². The van der Waals surface area contributed by atoms with E-state index in [0.29, 0.717) is 11.8 Å². The van der Waals surface area contributed by atoms with E-state index in [1.807, 2.05) is 11.9 Å². The summed E-state index contributed by atoms with van der Waals surface area (Å²) in [5.41, 5.74) is 0. The van der Waals surface area contributed by atoms with Crippen molar-refractivity contribution < 1.29 is 9.66 Å². The van der Waals surface area contributed by atoms with Gasteiger partial charge in [-0.1, -0.05) is 0 Å². The summed E-state index contributed by atoms with van der Waals surface area (Å²) in [6, 6.07) is 0. The van der Waals surface area contributed by atoms with E-state index in [1.54, 1.807) is 7.05 Å². The molecular formula is C9H17N3O3. The number of nitrogens with zero attached hydrogens (tertiary/aromatic N) is 3. The van der Waals surface area contributed by atoms with Gasteiger partial charge in [0.05, 0.1) is 6.61 Å². The molecule has 0 amide bonds. The number of rotatable bonds is 4. The minimum absolute atomic E-state index is 0.208. The van der Waals surface area contributed by atoms with Crippen molar-refractivity contribution in [3.63, 3.8) is 0 Å². The number of amidine groups is 1. The Hall–Kier alpha value is -1.17. The van der Waals surface area contributed by atoms with Gasteiger partial charge in [-0.25, -0.2) is 0 Å². The van der Waals surface area contributed by atoms with Crippen LogP contribution >= 0.6 is 0 Å². The molecule has 1 rings (SSSR count). The van der Waals surface area contributed by atoms with Gasteiger partial charge < -0.3 is 9.64 Å². The zero-order chi connectivity index (χ0) is 11.3. The first kappa shape index (κ1) is 11.9. The number of hydrogen-bond donors (Lipinski definition) is 0. The van der Waals surface area contributed by atoms with E-state index in [-0.39, 0.29) is 11.5 Å². The van der Waals surface area contributed by atoms with Crippen LogP contribution in [-0.4, -0.2) is 56.1 Å². The molecule has 0 aliphatic carbocycles. The molecule has 1 aliphatic heterocycles. The summed E-state index contributed by atoms with van der Waals surface area (Å²) in [5.74, 6) is 0.991. The van der Waals surface area contributed by atoms with Crippen LogP contribution in [0.2, 0.25) is 0 Å². The fourth-order valence-electron chi connectivity index (χ4n) is 1.70. The van der Waals surface area contributed by atoms with Crippen molar-refractivity contribution in [1.82, 2.24) is 4.90 Å². The van der Waals surface area contributed by atoms with E-state index in [2.05, 4.69) is 4.99 Å². The first-order valence-corrected chi connectivity index (χ1v) is 4.99. The van der Waals surface area contributed by atoms with E-state index >= 15 is 0 Å². The third kappa shape index (κ3) is 3.83. The highest BCUT2D eigenvalue weighted by molar-refractivity contribution is 5.82. The molecule has 0 bridgehead atoms. The molecule has 1 heterocycles. The first-order chi connectivity index (χ1) is 7.13. The molecule has 1 aliphatic rings. The second kappa shape index (κ2) is 5.65. The maximum atomic E-state index is 10.4. The highest BCUT2D eigenvalue weighted by Crippen LogP contribution is 2.13. The van der Waals surface area contributed by atoms with Gasteiger partial charge in [-0.2, -0.15) is 0 Å². The Morgan fingerprint density at radius 2 is 2.47 bits per heavy atom. The molecule has 0 spiro atoms. The van der Waals surface area contributed by atoms with Crippen LogP contribution in [0.1, 0.15) is 6.42 Å². The number of ether oxygens (including phenoxy) is 1. The second-order valence-electron chi connectivity index (χ2n) is 3.74. The molecule has 1 fully saturated rings. The maximum absolute atomic E-state index is 10.4. The maximum Gasteiger partial charge on any atom is 0.260 e. The van der Waals surface area contributed by atoms with Crippen LogP contribution in [0.4, 0.5) is 0 Å². The van der Waals surface area contributed by atoms with Gasteiger partial charge in [-0.15, -0.1) is 0 Å². The fraction of sp³-hybridized carbons (Fsp3) is 0.889. The van der Waals surface area contributed by atoms with Gasteiger partial charge in [-0.3, -0.25) is 15.1 Å². The average molecular weight is 215 g/mol. The Morgan fingerprint density at radius 3 is 2.93 bits per heavy atom. The number of likely N-dealkylation sites (N-methyl/N-ethyl adjacent to an activating group) is 1. The van der Waals surface area contributed by atoms with E-state index < -0.39 is 0 Å². The van der Waals surface area contributed by atoms with Gasteiger partial charge in [0.15, 0.2) is 5.84 Å². The molecule has 15 heavy (non-hydrogen) atoms. The third-order valence-corrected chi connectivity index (χ3v) is 2.53. The predicted molar refractivity (Wildman–Crippen MR) is 56.8 cm³/mol. The largest absolute Gasteiger partial charge is 0.381 e. The highest BCUT2D eigenvalue weighted by atomic mass is 16.6. The molecule has 0 N–H and O–H groups in total. The monoisotopic (exact) mass is 215 g/mol. The summed E-state index contributed by atoms with van der Waals surface area (Å²) in [7, 11) is 3.42. The normalized spacial score (nSPS) is 21.7. The van der Waals surface area contributed by atoms with Gasteiger partial charge >= 0.3 is 0 Å². The second-order valence-corrected chi connectivity index (χ2v) is 3.74. The van der Waals surface area contributed by atoms with Crippen LogP contribution in [0.15, 0.2) is 4.99 Å². The minimum atomic E-state index is -0.357. The lowest BCUT2D eigenvalue weighted by Gasteiger charge is -2.21. The van der Waals surface area contributed by atoms with E-state index in [4.69, 9.17) is 4.74 Å². The number of hydrogen-bond acceptors (Lipinski definition) is 4. The Labute approximate surface area is 89.1 Å². The van der Waals surface area contributed by atoms with Crippen molar-refractivity contribution >= 4 is 5.84 Å². The van der Waals surface area contributed by atoms with E-state index in [1.165, 1.54) is 0 Å². The van der Waals surface area contributed by atoms with Crippen LogP contribution in [-0.2, 0) is 4.74 Å². The third-order valence-electron chi connectivity index (χ3n) is 2.53. The summed E-state index contributed by atoms with van der Waals surface area (Å²) >= 11 is 0. The number of nitro groups is 1. The lowest BCUT2D eigenvalue weighted by atomic mass is 10.1. The van der Waals surface area contributed by atoms with Gasteiger partial charge in [0.25, 0.3) is 6.54 Å². The first-order valence-electron chi connectivity index (χ1n) is 4.99. The molecule has 0 aromatic rings. The van der Waals surface area contributed by atoms with Gasteiger partial charge in [0.2, 0.25) is 0 Å². The van der Waals surface area contributed by atoms with Crippen molar-refractivity contribution in [3.8, 4) is 0 Å². The topological polar surface area (TPSA) is 68.0 Å². The summed E-state index contributed by atoms with van der Waals surface area (Å²) in [6.45, 7) is 2.12. The zero-order valence-electron chi connectivity index (χ0n) is 9.18. The SMILES string of the molecule is CN=C(C[N+](=O)[O-])N(C)CC1CCOC1. The van der Waals surface area contributed by atoms with Crippen molar-refractivity contribution in [1.29, 1.82) is 0 Å². The molecule has 1 saturated heterocycles. The van der Waals surface area contributed by atoms with E-state index in [9.17, 15) is 10.1 Å². The van der Waals surface area contributed by atoms with Crippen molar-refractivity contribution in [3.05, 3.63) is 10.1 Å². The highest BCUT2D eigenvalue weighted by Gasteiger charge is 2.20. The predicted octanol–water partition coefficient (Wildman–Crippen LogP) is 0.260. The van der Waals surface area contributed by atoms with Crippen molar-refractivity contribution in [2.75, 3.05) is 40.4 Å². The summed E-state index contributed by atoms with van der Waals surface area (Å²) in [5, 5.41) is 10.4. The van der Waals surface area contributed by atoms with Crippen molar-refractivity contribution in [2.45, 2.75) is 6.42 Å². The molecule has 0 aromatic heterocycles. The van der Waals surface area contributed by atoms with Crippen LogP contribution < -0.4 is 0 Å². The summed E-state index contributed by atoms with van der Waals surface area (Å²) < 4.78 is 5.25. The Bertz CT molecular complexity index is 249. The quantitative estimate of drug-likeness (QED) is 0.292. The summed E-state index contributed by atoms with van der Waals surface area (Å²) in [4.78, 5) is 15.8. The molecule has 6 nitrogen and oxygen atoms in total. The molecule has 1 unspecified atom stereocenters. The molecule has 0 radical (unpaired) electrons. The molecule has 6 heteroatoms. The van der Waals surface area contributed by atoms with Gasteiger partial charge in [-0.05, 0) is 6.42 Å². The lowest BCUT2D eigenvalue weighted by Crippen LogP contribution is -2.36. The van der Waals surface area contributed by atoms with Crippen LogP contribution in [0.5, 0.6) is 0 Å². The van der Waals surface area contributed by atoms with Crippen molar-refractivity contribution in [2.24, 2.45) is 10.9 Å². The van der Waals surface area contributed by atoms with Gasteiger partial charge in [0.1, 0.15) is 0 Å². The zero-order valence-corrected chi connectivity index (χ0v) is 9.18. The lowest BCUT2D eigenvalue weighted by molar-refractivity contribution is -0.464. The van der Waals surface area contributed by atoms with Gasteiger partial charge in [0, 0.05) is 38.1 Å². The molecule has 86 valence electrons. The Kier molecular flexibility index (Phi) is 4.48. The Balaban J connectivity index is 2.42. The fourth-order valence-corrected chi connectivity index (χ4v) is 1.70. The number of aliphatic imine (C=N–C) groups is 1. The van der Waals surface area contributed by atoms with Crippen LogP contribution in [0, 0.1) is 16.0 Å². The average Bonchev–Trinajstić information content (AvgIpc) is 2.66. The van der Waals surface area contributed by atoms with E-state index in [0.717, 1.165) is 26.2 Å². The minimum Gasteiger partial charge on any atom is -0.381 e. The standard InChI is InChI=1S/C9H17N3O3/c1-10-9(6-12(13)14)11(2)5-8-3-4-15-7-8/h8H,3-7H2,1-2H3. The smallest absolute Gasteiger partial charge is 0.260 e. The molecule has 0 aromatic carbocycles.